The molecule has 19 heavy (non-hydrogen) atoms. The second-order valence-electron chi connectivity index (χ2n) is 4.94. The number of amides is 1. The minimum absolute atomic E-state index is 0.0180. The van der Waals surface area contributed by atoms with Crippen molar-refractivity contribution in [2.24, 2.45) is 0 Å². The highest BCUT2D eigenvalue weighted by molar-refractivity contribution is 5.94. The summed E-state index contributed by atoms with van der Waals surface area (Å²) in [7, 11) is 3.92. The molecule has 1 amide bonds. The maximum atomic E-state index is 12.4. The van der Waals surface area contributed by atoms with Gasteiger partial charge in [0.05, 0.1) is 12.5 Å². The van der Waals surface area contributed by atoms with Crippen molar-refractivity contribution in [3.05, 3.63) is 29.8 Å². The first-order valence-corrected chi connectivity index (χ1v) is 6.42. The van der Waals surface area contributed by atoms with E-state index in [9.17, 15) is 4.79 Å². The molecule has 0 atom stereocenters. The van der Waals surface area contributed by atoms with E-state index in [-0.39, 0.29) is 11.9 Å². The Balaban J connectivity index is 2.87. The Labute approximate surface area is 115 Å². The molecule has 102 valence electrons. The van der Waals surface area contributed by atoms with Gasteiger partial charge >= 0.3 is 0 Å². The first kappa shape index (κ1) is 15.0. The van der Waals surface area contributed by atoms with Gasteiger partial charge in [0, 0.05) is 37.9 Å². The van der Waals surface area contributed by atoms with E-state index < -0.39 is 0 Å². The largest absolute Gasteiger partial charge is 0.378 e. The summed E-state index contributed by atoms with van der Waals surface area (Å²) in [6, 6.07) is 9.69. The molecule has 0 fully saturated rings. The molecule has 0 unspecified atom stereocenters. The fourth-order valence-electron chi connectivity index (χ4n) is 1.83. The number of hydrogen-bond acceptors (Lipinski definition) is 3. The summed E-state index contributed by atoms with van der Waals surface area (Å²) >= 11 is 0. The average Bonchev–Trinajstić information content (AvgIpc) is 2.38. The fourth-order valence-corrected chi connectivity index (χ4v) is 1.83. The second-order valence-corrected chi connectivity index (χ2v) is 4.94. The van der Waals surface area contributed by atoms with Crippen LogP contribution in [0.5, 0.6) is 0 Å². The normalized spacial score (nSPS) is 10.1. The molecule has 0 bridgehead atoms. The number of benzene rings is 1. The van der Waals surface area contributed by atoms with Crippen LogP contribution in [0.15, 0.2) is 24.3 Å². The Morgan fingerprint density at radius 2 is 1.84 bits per heavy atom. The zero-order chi connectivity index (χ0) is 14.4. The molecule has 0 N–H and O–H groups in total. The molecule has 0 aliphatic rings. The zero-order valence-corrected chi connectivity index (χ0v) is 12.1. The van der Waals surface area contributed by atoms with Crippen molar-refractivity contribution in [2.75, 3.05) is 25.5 Å². The number of nitriles is 1. The van der Waals surface area contributed by atoms with Crippen molar-refractivity contribution < 1.29 is 4.79 Å². The van der Waals surface area contributed by atoms with E-state index in [1.54, 1.807) is 4.90 Å². The van der Waals surface area contributed by atoms with Crippen molar-refractivity contribution >= 4 is 11.6 Å². The topological polar surface area (TPSA) is 47.3 Å². The maximum Gasteiger partial charge on any atom is 0.254 e. The Hall–Kier alpha value is -2.02. The van der Waals surface area contributed by atoms with Crippen LogP contribution in [0.2, 0.25) is 0 Å². The lowest BCUT2D eigenvalue weighted by Crippen LogP contribution is -2.37. The molecule has 0 spiro atoms. The van der Waals surface area contributed by atoms with Crippen molar-refractivity contribution in [1.82, 2.24) is 4.90 Å². The molecule has 4 heteroatoms. The quantitative estimate of drug-likeness (QED) is 0.816. The van der Waals surface area contributed by atoms with Crippen LogP contribution in [-0.4, -0.2) is 37.5 Å². The van der Waals surface area contributed by atoms with Gasteiger partial charge in [-0.25, -0.2) is 0 Å². The van der Waals surface area contributed by atoms with E-state index in [4.69, 9.17) is 5.26 Å². The van der Waals surface area contributed by atoms with Crippen LogP contribution in [0.25, 0.3) is 0 Å². The van der Waals surface area contributed by atoms with Gasteiger partial charge in [0.2, 0.25) is 0 Å². The summed E-state index contributed by atoms with van der Waals surface area (Å²) in [6.45, 7) is 4.40. The number of carbonyl (C=O) groups excluding carboxylic acids is 1. The highest BCUT2D eigenvalue weighted by Gasteiger charge is 2.18. The highest BCUT2D eigenvalue weighted by atomic mass is 16.2. The Kier molecular flexibility index (Phi) is 5.37. The van der Waals surface area contributed by atoms with E-state index in [1.165, 1.54) is 0 Å². The standard InChI is InChI=1S/C15H21N3O/c1-12(2)18(11-5-10-16)15(19)13-6-8-14(9-7-13)17(3)4/h6-9,12H,5,11H2,1-4H3. The van der Waals surface area contributed by atoms with Crippen LogP contribution in [0.1, 0.15) is 30.6 Å². The smallest absolute Gasteiger partial charge is 0.254 e. The molecule has 0 saturated heterocycles. The number of hydrogen-bond donors (Lipinski definition) is 0. The summed E-state index contributed by atoms with van der Waals surface area (Å²) in [5.41, 5.74) is 1.72. The minimum atomic E-state index is -0.0180. The van der Waals surface area contributed by atoms with Gasteiger partial charge in [-0.15, -0.1) is 0 Å². The van der Waals surface area contributed by atoms with Crippen molar-refractivity contribution in [3.8, 4) is 6.07 Å². The first-order valence-electron chi connectivity index (χ1n) is 6.42. The predicted molar refractivity (Wildman–Crippen MR) is 77.2 cm³/mol. The van der Waals surface area contributed by atoms with E-state index in [0.29, 0.717) is 18.5 Å². The Bertz CT molecular complexity index is 457. The van der Waals surface area contributed by atoms with Crippen molar-refractivity contribution in [3.63, 3.8) is 0 Å². The molecule has 0 aliphatic heterocycles. The van der Waals surface area contributed by atoms with Crippen LogP contribution < -0.4 is 4.90 Å². The third-order valence-electron chi connectivity index (χ3n) is 2.98. The van der Waals surface area contributed by atoms with E-state index >= 15 is 0 Å². The molecular weight excluding hydrogens is 238 g/mol. The Morgan fingerprint density at radius 3 is 2.26 bits per heavy atom. The van der Waals surface area contributed by atoms with Gasteiger partial charge < -0.3 is 9.80 Å². The molecule has 0 radical (unpaired) electrons. The SMILES string of the molecule is CC(C)N(CCC#N)C(=O)c1ccc(N(C)C)cc1. The van der Waals surface area contributed by atoms with Crippen LogP contribution in [0, 0.1) is 11.3 Å². The zero-order valence-electron chi connectivity index (χ0n) is 12.1. The van der Waals surface area contributed by atoms with Crippen LogP contribution in [-0.2, 0) is 0 Å². The van der Waals surface area contributed by atoms with Crippen molar-refractivity contribution in [2.45, 2.75) is 26.3 Å². The number of rotatable bonds is 5. The summed E-state index contributed by atoms with van der Waals surface area (Å²) in [4.78, 5) is 16.1. The molecule has 1 aromatic carbocycles. The van der Waals surface area contributed by atoms with Gasteiger partial charge in [-0.05, 0) is 38.1 Å². The first-order chi connectivity index (χ1) is 8.97. The summed E-state index contributed by atoms with van der Waals surface area (Å²) in [5, 5.41) is 8.65. The van der Waals surface area contributed by atoms with Gasteiger partial charge in [0.25, 0.3) is 5.91 Å². The van der Waals surface area contributed by atoms with E-state index in [2.05, 4.69) is 6.07 Å². The van der Waals surface area contributed by atoms with Gasteiger partial charge in [-0.1, -0.05) is 0 Å². The molecular formula is C15H21N3O. The van der Waals surface area contributed by atoms with Gasteiger partial charge in [-0.2, -0.15) is 5.26 Å². The molecule has 1 rings (SSSR count). The third-order valence-corrected chi connectivity index (χ3v) is 2.98. The number of nitrogens with zero attached hydrogens (tertiary/aromatic N) is 3. The number of anilines is 1. The molecule has 0 aromatic heterocycles. The van der Waals surface area contributed by atoms with Gasteiger partial charge in [-0.3, -0.25) is 4.79 Å². The lowest BCUT2D eigenvalue weighted by Gasteiger charge is -2.26. The predicted octanol–water partition coefficient (Wildman–Crippen LogP) is 2.52. The molecule has 0 aliphatic carbocycles. The lowest BCUT2D eigenvalue weighted by atomic mass is 10.1. The monoisotopic (exact) mass is 259 g/mol. The lowest BCUT2D eigenvalue weighted by molar-refractivity contribution is 0.0710. The van der Waals surface area contributed by atoms with Gasteiger partial charge in [0.1, 0.15) is 0 Å². The molecule has 1 aromatic rings. The highest BCUT2D eigenvalue weighted by Crippen LogP contribution is 2.15. The molecule has 4 nitrogen and oxygen atoms in total. The van der Waals surface area contributed by atoms with Crippen LogP contribution in [0.3, 0.4) is 0 Å². The third kappa shape index (κ3) is 3.99. The average molecular weight is 259 g/mol. The second kappa shape index (κ2) is 6.79. The summed E-state index contributed by atoms with van der Waals surface area (Å²) in [5.74, 6) is -0.0180. The van der Waals surface area contributed by atoms with Crippen LogP contribution >= 0.6 is 0 Å². The number of carbonyl (C=O) groups is 1. The Morgan fingerprint density at radius 1 is 1.26 bits per heavy atom. The van der Waals surface area contributed by atoms with Gasteiger partial charge in [0.15, 0.2) is 0 Å². The van der Waals surface area contributed by atoms with Crippen LogP contribution in [0.4, 0.5) is 5.69 Å². The molecule has 0 heterocycles. The summed E-state index contributed by atoms with van der Waals surface area (Å²) < 4.78 is 0. The minimum Gasteiger partial charge on any atom is -0.378 e. The van der Waals surface area contributed by atoms with E-state index in [1.807, 2.05) is 57.1 Å². The molecule has 0 saturated carbocycles. The fraction of sp³-hybridized carbons (Fsp3) is 0.467. The summed E-state index contributed by atoms with van der Waals surface area (Å²) in [6.07, 6.45) is 0.361. The van der Waals surface area contributed by atoms with Crippen molar-refractivity contribution in [1.29, 1.82) is 5.26 Å². The van der Waals surface area contributed by atoms with E-state index in [0.717, 1.165) is 5.69 Å². The maximum absolute atomic E-state index is 12.4.